The van der Waals surface area contributed by atoms with Crippen LogP contribution in [0.5, 0.6) is 0 Å². The third kappa shape index (κ3) is 2.68. The van der Waals surface area contributed by atoms with E-state index < -0.39 is 0 Å². The third-order valence-corrected chi connectivity index (χ3v) is 2.40. The molecular weight excluding hydrogens is 234 g/mol. The molecule has 0 aliphatic heterocycles. The fourth-order valence-electron chi connectivity index (χ4n) is 1.22. The van der Waals surface area contributed by atoms with Gasteiger partial charge in [-0.2, -0.15) is 4.98 Å². The molecule has 2 rings (SSSR count). The summed E-state index contributed by atoms with van der Waals surface area (Å²) in [6.07, 6.45) is 5.39. The fraction of sp³-hybridized carbons (Fsp3) is 0.364. The topological polar surface area (TPSA) is 93.8 Å². The second-order valence-electron chi connectivity index (χ2n) is 3.80. The van der Waals surface area contributed by atoms with Crippen LogP contribution in [-0.2, 0) is 0 Å². The Morgan fingerprint density at radius 1 is 1.50 bits per heavy atom. The van der Waals surface area contributed by atoms with Crippen molar-refractivity contribution in [3.05, 3.63) is 24.5 Å². The quantitative estimate of drug-likeness (QED) is 0.868. The molecule has 18 heavy (non-hydrogen) atoms. The maximum atomic E-state index is 11.7. The summed E-state index contributed by atoms with van der Waals surface area (Å²) in [5.41, 5.74) is 0.462. The first-order valence-electron chi connectivity index (χ1n) is 5.61. The maximum Gasteiger partial charge on any atom is 0.316 e. The lowest BCUT2D eigenvalue weighted by atomic mass is 10.2. The van der Waals surface area contributed by atoms with E-state index in [4.69, 9.17) is 4.52 Å². The van der Waals surface area contributed by atoms with Crippen LogP contribution in [-0.4, -0.2) is 32.1 Å². The predicted octanol–water partition coefficient (Wildman–Crippen LogP) is 1.05. The lowest BCUT2D eigenvalue weighted by Gasteiger charge is -2.07. The number of aromatic nitrogens is 4. The molecule has 0 aromatic carbocycles. The van der Waals surface area contributed by atoms with Crippen molar-refractivity contribution < 1.29 is 9.32 Å². The van der Waals surface area contributed by atoms with Gasteiger partial charge in [-0.25, -0.2) is 4.98 Å². The minimum absolute atomic E-state index is 0.0596. The highest BCUT2D eigenvalue weighted by molar-refractivity contribution is 5.90. The van der Waals surface area contributed by atoms with Gasteiger partial charge in [-0.05, 0) is 13.3 Å². The van der Waals surface area contributed by atoms with E-state index in [1.165, 1.54) is 12.4 Å². The van der Waals surface area contributed by atoms with E-state index in [9.17, 15) is 4.79 Å². The Bertz CT molecular complexity index is 525. The summed E-state index contributed by atoms with van der Waals surface area (Å²) in [5.74, 6) is -0.208. The lowest BCUT2D eigenvalue weighted by Crippen LogP contribution is -2.32. The number of hydrogen-bond acceptors (Lipinski definition) is 6. The molecule has 7 heteroatoms. The molecule has 0 aliphatic rings. The van der Waals surface area contributed by atoms with Gasteiger partial charge < -0.3 is 9.84 Å². The number of nitrogens with one attached hydrogen (secondary N) is 1. The van der Waals surface area contributed by atoms with Crippen LogP contribution in [0.1, 0.15) is 31.0 Å². The van der Waals surface area contributed by atoms with E-state index in [0.29, 0.717) is 5.69 Å². The Hall–Kier alpha value is -2.31. The number of nitrogens with zero attached hydrogens (tertiary/aromatic N) is 4. The van der Waals surface area contributed by atoms with Crippen LogP contribution >= 0.6 is 0 Å². The van der Waals surface area contributed by atoms with Crippen molar-refractivity contribution in [2.75, 3.05) is 0 Å². The lowest BCUT2D eigenvalue weighted by molar-refractivity contribution is 0.0895. The molecule has 1 atom stereocenters. The molecule has 7 nitrogen and oxygen atoms in total. The highest BCUT2D eigenvalue weighted by Gasteiger charge is 2.17. The van der Waals surface area contributed by atoms with Crippen LogP contribution in [0.25, 0.3) is 11.5 Å². The molecule has 1 unspecified atom stereocenters. The van der Waals surface area contributed by atoms with Gasteiger partial charge in [-0.3, -0.25) is 9.78 Å². The van der Waals surface area contributed by atoms with Crippen molar-refractivity contribution in [3.63, 3.8) is 0 Å². The van der Waals surface area contributed by atoms with Gasteiger partial charge >= 0.3 is 11.8 Å². The zero-order valence-electron chi connectivity index (χ0n) is 10.1. The van der Waals surface area contributed by atoms with Crippen molar-refractivity contribution >= 4 is 5.91 Å². The SMILES string of the molecule is CCC(C)NC(=O)c1nc(-c2cnccn2)no1. The predicted molar refractivity (Wildman–Crippen MR) is 62.5 cm³/mol. The molecular formula is C11H13N5O2. The molecule has 2 aromatic heterocycles. The summed E-state index contributed by atoms with van der Waals surface area (Å²) in [7, 11) is 0. The standard InChI is InChI=1S/C11H13N5O2/c1-3-7(2)14-10(17)11-15-9(16-18-11)8-6-12-4-5-13-8/h4-7H,3H2,1-2H3,(H,14,17). The summed E-state index contributed by atoms with van der Waals surface area (Å²) < 4.78 is 4.89. The number of hydrogen-bond donors (Lipinski definition) is 1. The maximum absolute atomic E-state index is 11.7. The summed E-state index contributed by atoms with van der Waals surface area (Å²) in [5, 5.41) is 6.43. The van der Waals surface area contributed by atoms with E-state index in [1.807, 2.05) is 13.8 Å². The van der Waals surface area contributed by atoms with Crippen LogP contribution in [0.2, 0.25) is 0 Å². The van der Waals surface area contributed by atoms with Crippen LogP contribution in [0.4, 0.5) is 0 Å². The summed E-state index contributed by atoms with van der Waals surface area (Å²) in [4.78, 5) is 23.6. The first-order chi connectivity index (χ1) is 8.70. The normalized spacial score (nSPS) is 12.1. The molecule has 0 spiro atoms. The van der Waals surface area contributed by atoms with E-state index in [0.717, 1.165) is 6.42 Å². The Balaban J connectivity index is 2.13. The molecule has 1 N–H and O–H groups in total. The zero-order valence-corrected chi connectivity index (χ0v) is 10.1. The highest BCUT2D eigenvalue weighted by Crippen LogP contribution is 2.10. The molecule has 1 amide bonds. The molecule has 0 fully saturated rings. The first kappa shape index (κ1) is 12.2. The van der Waals surface area contributed by atoms with Gasteiger partial charge in [-0.1, -0.05) is 12.1 Å². The molecule has 94 valence electrons. The van der Waals surface area contributed by atoms with Crippen molar-refractivity contribution in [2.45, 2.75) is 26.3 Å². The van der Waals surface area contributed by atoms with Gasteiger partial charge in [0.1, 0.15) is 5.69 Å². The molecule has 0 saturated heterocycles. The van der Waals surface area contributed by atoms with Crippen molar-refractivity contribution in [1.29, 1.82) is 0 Å². The van der Waals surface area contributed by atoms with Gasteiger partial charge in [-0.15, -0.1) is 0 Å². The van der Waals surface area contributed by atoms with Crippen LogP contribution in [0, 0.1) is 0 Å². The molecule has 0 radical (unpaired) electrons. The third-order valence-electron chi connectivity index (χ3n) is 2.40. The Morgan fingerprint density at radius 2 is 2.33 bits per heavy atom. The van der Waals surface area contributed by atoms with Gasteiger partial charge in [0.25, 0.3) is 0 Å². The minimum atomic E-state index is -0.382. The Kier molecular flexibility index (Phi) is 3.61. The summed E-state index contributed by atoms with van der Waals surface area (Å²) >= 11 is 0. The second-order valence-corrected chi connectivity index (χ2v) is 3.80. The smallest absolute Gasteiger partial charge is 0.316 e. The van der Waals surface area contributed by atoms with E-state index in [1.54, 1.807) is 6.20 Å². The second kappa shape index (κ2) is 5.35. The Labute approximate surface area is 104 Å². The van der Waals surface area contributed by atoms with Crippen molar-refractivity contribution in [1.82, 2.24) is 25.4 Å². The summed E-state index contributed by atoms with van der Waals surface area (Å²) in [6.45, 7) is 3.88. The van der Waals surface area contributed by atoms with Crippen LogP contribution in [0.15, 0.2) is 23.1 Å². The molecule has 0 saturated carbocycles. The number of rotatable bonds is 4. The number of carbonyl (C=O) groups excluding carboxylic acids is 1. The number of carbonyl (C=O) groups is 1. The molecule has 2 heterocycles. The summed E-state index contributed by atoms with van der Waals surface area (Å²) in [6, 6.07) is 0.0596. The molecule has 0 aliphatic carbocycles. The van der Waals surface area contributed by atoms with E-state index in [-0.39, 0.29) is 23.7 Å². The van der Waals surface area contributed by atoms with Gasteiger partial charge in [0.2, 0.25) is 5.82 Å². The monoisotopic (exact) mass is 247 g/mol. The first-order valence-corrected chi connectivity index (χ1v) is 5.61. The van der Waals surface area contributed by atoms with E-state index in [2.05, 4.69) is 25.4 Å². The largest absolute Gasteiger partial charge is 0.345 e. The van der Waals surface area contributed by atoms with E-state index >= 15 is 0 Å². The van der Waals surface area contributed by atoms with Crippen LogP contribution in [0.3, 0.4) is 0 Å². The van der Waals surface area contributed by atoms with Crippen molar-refractivity contribution in [2.24, 2.45) is 0 Å². The zero-order chi connectivity index (χ0) is 13.0. The molecule has 0 bridgehead atoms. The molecule has 2 aromatic rings. The fourth-order valence-corrected chi connectivity index (χ4v) is 1.22. The highest BCUT2D eigenvalue weighted by atomic mass is 16.5. The minimum Gasteiger partial charge on any atom is -0.345 e. The van der Waals surface area contributed by atoms with Gasteiger partial charge in [0, 0.05) is 18.4 Å². The Morgan fingerprint density at radius 3 is 3.00 bits per heavy atom. The van der Waals surface area contributed by atoms with Gasteiger partial charge in [0.05, 0.1) is 6.20 Å². The number of amides is 1. The van der Waals surface area contributed by atoms with Gasteiger partial charge in [0.15, 0.2) is 0 Å². The average Bonchev–Trinajstić information content (AvgIpc) is 2.89. The van der Waals surface area contributed by atoms with Crippen molar-refractivity contribution in [3.8, 4) is 11.5 Å². The average molecular weight is 247 g/mol. The van der Waals surface area contributed by atoms with Crippen LogP contribution < -0.4 is 5.32 Å².